The Morgan fingerprint density at radius 2 is 1.70 bits per heavy atom. The molecule has 0 bridgehead atoms. The fourth-order valence-electron chi connectivity index (χ4n) is 3.51. The summed E-state index contributed by atoms with van der Waals surface area (Å²) in [6, 6.07) is 19.9. The molecule has 0 aliphatic carbocycles. The highest BCUT2D eigenvalue weighted by molar-refractivity contribution is 6.31. The van der Waals surface area contributed by atoms with Crippen molar-refractivity contribution in [3.05, 3.63) is 83.7 Å². The molecule has 3 aromatic carbocycles. The molecule has 0 radical (unpaired) electrons. The highest BCUT2D eigenvalue weighted by atomic mass is 16.5. The molecule has 0 unspecified atom stereocenters. The molecule has 0 amide bonds. The number of allylic oxidation sites excluding steroid dienone is 1. The molecule has 0 saturated carbocycles. The molecule has 4 aromatic rings. The molecule has 0 aliphatic rings. The molecular weight excluding hydrogens is 418 g/mol. The maximum Gasteiger partial charge on any atom is 0.231 e. The van der Waals surface area contributed by atoms with Crippen LogP contribution in [0.2, 0.25) is 0 Å². The van der Waals surface area contributed by atoms with Crippen molar-refractivity contribution in [1.29, 1.82) is 0 Å². The van der Waals surface area contributed by atoms with E-state index in [0.29, 0.717) is 45.0 Å². The average Bonchev–Trinajstić information content (AvgIpc) is 3.26. The molecule has 0 atom stereocenters. The second-order valence-electron chi connectivity index (χ2n) is 7.65. The van der Waals surface area contributed by atoms with Gasteiger partial charge in [-0.15, -0.1) is 0 Å². The van der Waals surface area contributed by atoms with Gasteiger partial charge in [-0.05, 0) is 62.4 Å². The second kappa shape index (κ2) is 9.61. The molecule has 6 nitrogen and oxygen atoms in total. The lowest BCUT2D eigenvalue weighted by Crippen LogP contribution is -2.07. The normalized spacial score (nSPS) is 11.6. The minimum atomic E-state index is -0.234. The van der Waals surface area contributed by atoms with Crippen LogP contribution in [0.15, 0.2) is 71.1 Å². The Labute approximate surface area is 192 Å². The smallest absolute Gasteiger partial charge is 0.231 e. The fraction of sp³-hybridized carbons (Fsp3) is 0.185. The molecule has 0 aliphatic heterocycles. The lowest BCUT2D eigenvalue weighted by atomic mass is 10.00. The molecule has 0 saturated heterocycles. The fourth-order valence-corrected chi connectivity index (χ4v) is 3.51. The Balaban J connectivity index is 1.83. The summed E-state index contributed by atoms with van der Waals surface area (Å²) >= 11 is 0. The van der Waals surface area contributed by atoms with E-state index >= 15 is 0 Å². The average molecular weight is 443 g/mol. The summed E-state index contributed by atoms with van der Waals surface area (Å²) in [7, 11) is 3.13. The van der Waals surface area contributed by atoms with Crippen molar-refractivity contribution < 1.29 is 23.4 Å². The summed E-state index contributed by atoms with van der Waals surface area (Å²) in [4.78, 5) is 18.2. The number of hydrogen-bond acceptors (Lipinski definition) is 6. The molecule has 0 spiro atoms. The van der Waals surface area contributed by atoms with Crippen LogP contribution >= 0.6 is 0 Å². The number of oxazole rings is 1. The molecular formula is C27H25NO5. The van der Waals surface area contributed by atoms with E-state index in [-0.39, 0.29) is 17.8 Å². The van der Waals surface area contributed by atoms with Crippen molar-refractivity contribution >= 4 is 28.5 Å². The van der Waals surface area contributed by atoms with Crippen molar-refractivity contribution in [1.82, 2.24) is 4.98 Å². The first-order valence-electron chi connectivity index (χ1n) is 10.6. The monoisotopic (exact) mass is 443 g/mol. The first kappa shape index (κ1) is 22.1. The Morgan fingerprint density at radius 3 is 2.36 bits per heavy atom. The first-order chi connectivity index (χ1) is 16.0. The van der Waals surface area contributed by atoms with Crippen LogP contribution in [0.25, 0.3) is 22.7 Å². The molecule has 4 rings (SSSR count). The van der Waals surface area contributed by atoms with Gasteiger partial charge in [0.1, 0.15) is 11.3 Å². The van der Waals surface area contributed by atoms with Gasteiger partial charge in [0, 0.05) is 11.1 Å². The number of benzene rings is 3. The SMILES string of the molecule is COc1cccc(/C=C(/C(=O)c2ccc(OC(C)C)cc2)c2nc3ccccc3o2)c1OC. The quantitative estimate of drug-likeness (QED) is 0.244. The number of carbonyl (C=O) groups excluding carboxylic acids is 1. The third-order valence-corrected chi connectivity index (χ3v) is 4.99. The van der Waals surface area contributed by atoms with Crippen LogP contribution in [-0.4, -0.2) is 31.1 Å². The minimum absolute atomic E-state index is 0.0438. The van der Waals surface area contributed by atoms with Gasteiger partial charge < -0.3 is 18.6 Å². The number of nitrogens with zero attached hydrogens (tertiary/aromatic N) is 1. The number of methoxy groups -OCH3 is 2. The van der Waals surface area contributed by atoms with Crippen molar-refractivity contribution in [3.8, 4) is 17.2 Å². The molecule has 1 aromatic heterocycles. The molecule has 0 N–H and O–H groups in total. The lowest BCUT2D eigenvalue weighted by Gasteiger charge is -2.12. The molecule has 1 heterocycles. The largest absolute Gasteiger partial charge is 0.493 e. The van der Waals surface area contributed by atoms with Crippen LogP contribution in [-0.2, 0) is 0 Å². The van der Waals surface area contributed by atoms with E-state index in [4.69, 9.17) is 18.6 Å². The van der Waals surface area contributed by atoms with Gasteiger partial charge in [-0.3, -0.25) is 4.79 Å². The predicted molar refractivity (Wildman–Crippen MR) is 128 cm³/mol. The van der Waals surface area contributed by atoms with Gasteiger partial charge in [0.05, 0.1) is 25.9 Å². The van der Waals surface area contributed by atoms with Crippen molar-refractivity contribution in [2.24, 2.45) is 0 Å². The second-order valence-corrected chi connectivity index (χ2v) is 7.65. The van der Waals surface area contributed by atoms with Gasteiger partial charge in [0.2, 0.25) is 5.89 Å². The number of para-hydroxylation sites is 3. The van der Waals surface area contributed by atoms with Gasteiger partial charge in [0.15, 0.2) is 22.9 Å². The predicted octanol–water partition coefficient (Wildman–Crippen LogP) is 6.06. The van der Waals surface area contributed by atoms with Crippen molar-refractivity contribution in [3.63, 3.8) is 0 Å². The van der Waals surface area contributed by atoms with Crippen molar-refractivity contribution in [2.45, 2.75) is 20.0 Å². The Kier molecular flexibility index (Phi) is 6.45. The van der Waals surface area contributed by atoms with Crippen LogP contribution in [0, 0.1) is 0 Å². The number of hydrogen-bond donors (Lipinski definition) is 0. The van der Waals surface area contributed by atoms with Crippen LogP contribution < -0.4 is 14.2 Å². The van der Waals surface area contributed by atoms with E-state index in [0.717, 1.165) is 0 Å². The van der Waals surface area contributed by atoms with Crippen LogP contribution in [0.1, 0.15) is 35.7 Å². The highest BCUT2D eigenvalue weighted by Crippen LogP contribution is 2.35. The summed E-state index contributed by atoms with van der Waals surface area (Å²) in [5, 5.41) is 0. The van der Waals surface area contributed by atoms with E-state index < -0.39 is 0 Å². The summed E-state index contributed by atoms with van der Waals surface area (Å²) in [5.74, 6) is 1.77. The highest BCUT2D eigenvalue weighted by Gasteiger charge is 2.22. The van der Waals surface area contributed by atoms with Crippen molar-refractivity contribution in [2.75, 3.05) is 14.2 Å². The zero-order chi connectivity index (χ0) is 23.4. The zero-order valence-corrected chi connectivity index (χ0v) is 19.0. The van der Waals surface area contributed by atoms with Gasteiger partial charge in [0.25, 0.3) is 0 Å². The molecule has 6 heteroatoms. The number of aromatic nitrogens is 1. The van der Waals surface area contributed by atoms with Crippen LogP contribution in [0.3, 0.4) is 0 Å². The summed E-state index contributed by atoms with van der Waals surface area (Å²) < 4.78 is 22.6. The van der Waals surface area contributed by atoms with Gasteiger partial charge in [-0.2, -0.15) is 0 Å². The van der Waals surface area contributed by atoms with Gasteiger partial charge >= 0.3 is 0 Å². The summed E-state index contributed by atoms with van der Waals surface area (Å²) in [6.45, 7) is 3.91. The summed E-state index contributed by atoms with van der Waals surface area (Å²) in [6.07, 6.45) is 1.76. The third-order valence-electron chi connectivity index (χ3n) is 4.99. The number of carbonyl (C=O) groups is 1. The number of fused-ring (bicyclic) bond motifs is 1. The topological polar surface area (TPSA) is 70.8 Å². The van der Waals surface area contributed by atoms with Crippen LogP contribution in [0.4, 0.5) is 0 Å². The molecule has 33 heavy (non-hydrogen) atoms. The lowest BCUT2D eigenvalue weighted by molar-refractivity contribution is 0.105. The first-order valence-corrected chi connectivity index (χ1v) is 10.6. The number of rotatable bonds is 8. The third kappa shape index (κ3) is 4.75. The summed E-state index contributed by atoms with van der Waals surface area (Å²) in [5.41, 5.74) is 2.73. The van der Waals surface area contributed by atoms with E-state index in [1.165, 1.54) is 0 Å². The number of ketones is 1. The Hall–Kier alpha value is -4.06. The number of Topliss-reactive ketones (excluding diaryl/α,β-unsaturated/α-hetero) is 1. The van der Waals surface area contributed by atoms with E-state index in [1.807, 2.05) is 50.2 Å². The van der Waals surface area contributed by atoms with E-state index in [2.05, 4.69) is 4.98 Å². The Bertz CT molecular complexity index is 1270. The Morgan fingerprint density at radius 1 is 0.939 bits per heavy atom. The molecule has 0 fully saturated rings. The van der Waals surface area contributed by atoms with Gasteiger partial charge in [-0.1, -0.05) is 24.3 Å². The minimum Gasteiger partial charge on any atom is -0.493 e. The van der Waals surface area contributed by atoms with E-state index in [1.54, 1.807) is 50.6 Å². The number of ether oxygens (including phenoxy) is 3. The van der Waals surface area contributed by atoms with E-state index in [9.17, 15) is 4.79 Å². The maximum atomic E-state index is 13.6. The van der Waals surface area contributed by atoms with Crippen LogP contribution in [0.5, 0.6) is 17.2 Å². The zero-order valence-electron chi connectivity index (χ0n) is 19.0. The van der Waals surface area contributed by atoms with Gasteiger partial charge in [-0.25, -0.2) is 4.98 Å². The standard InChI is InChI=1S/C27H25NO5/c1-17(2)32-20-14-12-18(13-15-20)25(29)21(27-28-22-9-5-6-10-23(22)33-27)16-19-8-7-11-24(30-3)26(19)31-4/h5-17H,1-4H3/b21-16-. The maximum absolute atomic E-state index is 13.6. The molecule has 168 valence electrons.